The Bertz CT molecular complexity index is 923. The summed E-state index contributed by atoms with van der Waals surface area (Å²) in [7, 11) is 0. The molecule has 0 atom stereocenters. The molecule has 0 radical (unpaired) electrons. The molecule has 0 bridgehead atoms. The standard InChI is InChI=1S/C18H15N3/c1-13-11-21(12-14-7-3-2-4-8-14)18-17(13)19-15-9-5-6-10-16(15)20-18/h2-11H,12H2,1H3. The quantitative estimate of drug-likeness (QED) is 0.554. The normalized spacial score (nSPS) is 11.3. The molecule has 0 aliphatic carbocycles. The molecule has 0 saturated carbocycles. The predicted molar refractivity (Wildman–Crippen MR) is 85.3 cm³/mol. The van der Waals surface area contributed by atoms with Crippen LogP contribution in [0.15, 0.2) is 60.8 Å². The average molecular weight is 273 g/mol. The van der Waals surface area contributed by atoms with Crippen molar-refractivity contribution in [2.75, 3.05) is 0 Å². The molecule has 0 amide bonds. The van der Waals surface area contributed by atoms with E-state index in [4.69, 9.17) is 9.97 Å². The Labute approximate surface area is 122 Å². The molecule has 0 aliphatic rings. The number of benzene rings is 2. The van der Waals surface area contributed by atoms with E-state index in [1.807, 2.05) is 30.3 Å². The van der Waals surface area contributed by atoms with Crippen molar-refractivity contribution in [3.05, 3.63) is 71.9 Å². The topological polar surface area (TPSA) is 30.7 Å². The van der Waals surface area contributed by atoms with Crippen LogP contribution in [0.1, 0.15) is 11.1 Å². The SMILES string of the molecule is Cc1cn(Cc2ccccc2)c2nc3ccccc3nc12. The number of rotatable bonds is 2. The molecule has 2 aromatic heterocycles. The maximum atomic E-state index is 4.80. The predicted octanol–water partition coefficient (Wildman–Crippen LogP) is 3.94. The lowest BCUT2D eigenvalue weighted by Gasteiger charge is -2.05. The van der Waals surface area contributed by atoms with Gasteiger partial charge in [0.15, 0.2) is 5.65 Å². The Morgan fingerprint density at radius 3 is 2.29 bits per heavy atom. The van der Waals surface area contributed by atoms with Crippen LogP contribution >= 0.6 is 0 Å². The van der Waals surface area contributed by atoms with Gasteiger partial charge in [0.2, 0.25) is 0 Å². The summed E-state index contributed by atoms with van der Waals surface area (Å²) < 4.78 is 2.18. The molecule has 21 heavy (non-hydrogen) atoms. The molecule has 0 saturated heterocycles. The van der Waals surface area contributed by atoms with Gasteiger partial charge in [0.25, 0.3) is 0 Å². The molecule has 0 unspecified atom stereocenters. The number of hydrogen-bond donors (Lipinski definition) is 0. The summed E-state index contributed by atoms with van der Waals surface area (Å²) in [6.45, 7) is 2.91. The van der Waals surface area contributed by atoms with Gasteiger partial charge in [-0.2, -0.15) is 0 Å². The van der Waals surface area contributed by atoms with Crippen molar-refractivity contribution in [1.82, 2.24) is 14.5 Å². The first-order valence-electron chi connectivity index (χ1n) is 7.07. The van der Waals surface area contributed by atoms with Gasteiger partial charge in [-0.25, -0.2) is 9.97 Å². The number of aryl methyl sites for hydroxylation is 1. The van der Waals surface area contributed by atoms with Crippen LogP contribution in [-0.4, -0.2) is 14.5 Å². The molecule has 2 aromatic carbocycles. The second-order valence-electron chi connectivity index (χ2n) is 5.31. The minimum Gasteiger partial charge on any atom is -0.326 e. The molecular formula is C18H15N3. The van der Waals surface area contributed by atoms with Gasteiger partial charge in [-0.1, -0.05) is 42.5 Å². The van der Waals surface area contributed by atoms with E-state index in [0.717, 1.165) is 28.7 Å². The number of para-hydroxylation sites is 2. The van der Waals surface area contributed by atoms with Gasteiger partial charge in [0.05, 0.1) is 11.0 Å². The lowest BCUT2D eigenvalue weighted by Crippen LogP contribution is -1.99. The van der Waals surface area contributed by atoms with E-state index < -0.39 is 0 Å². The summed E-state index contributed by atoms with van der Waals surface area (Å²) in [4.78, 5) is 9.55. The van der Waals surface area contributed by atoms with Crippen molar-refractivity contribution in [2.24, 2.45) is 0 Å². The second kappa shape index (κ2) is 4.70. The first-order chi connectivity index (χ1) is 10.3. The fourth-order valence-electron chi connectivity index (χ4n) is 2.71. The molecule has 3 heteroatoms. The Kier molecular flexibility index (Phi) is 2.71. The molecule has 2 heterocycles. The maximum Gasteiger partial charge on any atom is 0.159 e. The zero-order valence-electron chi connectivity index (χ0n) is 11.8. The molecular weight excluding hydrogens is 258 g/mol. The summed E-state index contributed by atoms with van der Waals surface area (Å²) in [5.74, 6) is 0. The first-order valence-corrected chi connectivity index (χ1v) is 7.07. The highest BCUT2D eigenvalue weighted by Gasteiger charge is 2.10. The van der Waals surface area contributed by atoms with E-state index in [1.165, 1.54) is 11.1 Å². The van der Waals surface area contributed by atoms with Gasteiger partial charge >= 0.3 is 0 Å². The van der Waals surface area contributed by atoms with Crippen molar-refractivity contribution >= 4 is 22.2 Å². The molecule has 102 valence electrons. The van der Waals surface area contributed by atoms with E-state index in [-0.39, 0.29) is 0 Å². The van der Waals surface area contributed by atoms with Crippen molar-refractivity contribution < 1.29 is 0 Å². The maximum absolute atomic E-state index is 4.80. The number of hydrogen-bond acceptors (Lipinski definition) is 2. The zero-order valence-corrected chi connectivity index (χ0v) is 11.8. The Morgan fingerprint density at radius 2 is 1.52 bits per heavy atom. The fourth-order valence-corrected chi connectivity index (χ4v) is 2.71. The van der Waals surface area contributed by atoms with Gasteiger partial charge in [-0.3, -0.25) is 0 Å². The van der Waals surface area contributed by atoms with E-state index in [2.05, 4.69) is 42.0 Å². The third kappa shape index (κ3) is 2.07. The summed E-state index contributed by atoms with van der Waals surface area (Å²) >= 11 is 0. The van der Waals surface area contributed by atoms with Gasteiger partial charge in [-0.15, -0.1) is 0 Å². The summed E-state index contributed by atoms with van der Waals surface area (Å²) in [5.41, 5.74) is 6.27. The smallest absolute Gasteiger partial charge is 0.159 e. The van der Waals surface area contributed by atoms with E-state index in [0.29, 0.717) is 0 Å². The lowest BCUT2D eigenvalue weighted by molar-refractivity contribution is 0.824. The minimum atomic E-state index is 0.818. The highest BCUT2D eigenvalue weighted by molar-refractivity contribution is 5.86. The molecule has 0 aliphatic heterocycles. The van der Waals surface area contributed by atoms with Crippen LogP contribution in [0.3, 0.4) is 0 Å². The zero-order chi connectivity index (χ0) is 14.2. The monoisotopic (exact) mass is 273 g/mol. The van der Waals surface area contributed by atoms with Crippen LogP contribution in [0.5, 0.6) is 0 Å². The molecule has 0 spiro atoms. The third-order valence-corrected chi connectivity index (χ3v) is 3.74. The molecule has 0 N–H and O–H groups in total. The second-order valence-corrected chi connectivity index (χ2v) is 5.31. The Balaban J connectivity index is 1.91. The van der Waals surface area contributed by atoms with Gasteiger partial charge < -0.3 is 4.57 Å². The molecule has 0 fully saturated rings. The van der Waals surface area contributed by atoms with E-state index in [9.17, 15) is 0 Å². The molecule has 4 aromatic rings. The van der Waals surface area contributed by atoms with Crippen LogP contribution in [0.25, 0.3) is 22.2 Å². The van der Waals surface area contributed by atoms with Gasteiger partial charge in [0.1, 0.15) is 5.52 Å². The summed E-state index contributed by atoms with van der Waals surface area (Å²) in [6, 6.07) is 18.5. The number of nitrogens with zero attached hydrogens (tertiary/aromatic N) is 3. The molecule has 3 nitrogen and oxygen atoms in total. The van der Waals surface area contributed by atoms with Crippen LogP contribution in [0.2, 0.25) is 0 Å². The van der Waals surface area contributed by atoms with Crippen LogP contribution < -0.4 is 0 Å². The van der Waals surface area contributed by atoms with Crippen LogP contribution in [0, 0.1) is 6.92 Å². The van der Waals surface area contributed by atoms with Crippen LogP contribution in [-0.2, 0) is 6.54 Å². The number of aromatic nitrogens is 3. The first kappa shape index (κ1) is 12.1. The Hall–Kier alpha value is -2.68. The third-order valence-electron chi connectivity index (χ3n) is 3.74. The van der Waals surface area contributed by atoms with Crippen LogP contribution in [0.4, 0.5) is 0 Å². The van der Waals surface area contributed by atoms with E-state index in [1.54, 1.807) is 0 Å². The average Bonchev–Trinajstić information content (AvgIpc) is 2.82. The summed E-state index contributed by atoms with van der Waals surface area (Å²) in [5, 5.41) is 0. The summed E-state index contributed by atoms with van der Waals surface area (Å²) in [6.07, 6.45) is 2.14. The van der Waals surface area contributed by atoms with Crippen molar-refractivity contribution in [3.63, 3.8) is 0 Å². The largest absolute Gasteiger partial charge is 0.326 e. The van der Waals surface area contributed by atoms with Gasteiger partial charge in [0, 0.05) is 12.7 Å². The van der Waals surface area contributed by atoms with Crippen molar-refractivity contribution in [1.29, 1.82) is 0 Å². The van der Waals surface area contributed by atoms with Crippen molar-refractivity contribution in [2.45, 2.75) is 13.5 Å². The highest BCUT2D eigenvalue weighted by atomic mass is 15.1. The molecule has 4 rings (SSSR count). The minimum absolute atomic E-state index is 0.818. The number of fused-ring (bicyclic) bond motifs is 2. The lowest BCUT2D eigenvalue weighted by atomic mass is 10.2. The highest BCUT2D eigenvalue weighted by Crippen LogP contribution is 2.21. The fraction of sp³-hybridized carbons (Fsp3) is 0.111. The van der Waals surface area contributed by atoms with E-state index >= 15 is 0 Å². The Morgan fingerprint density at radius 1 is 0.857 bits per heavy atom. The van der Waals surface area contributed by atoms with Gasteiger partial charge in [-0.05, 0) is 30.2 Å². The van der Waals surface area contributed by atoms with Crippen molar-refractivity contribution in [3.8, 4) is 0 Å².